The van der Waals surface area contributed by atoms with Gasteiger partial charge in [-0.1, -0.05) is 0 Å². The van der Waals surface area contributed by atoms with Crippen molar-refractivity contribution >= 4 is 5.97 Å². The van der Waals surface area contributed by atoms with Gasteiger partial charge in [-0.05, 0) is 84.6 Å². The quantitative estimate of drug-likeness (QED) is 0.430. The molecule has 3 aliphatic rings. The number of phenolic OH excluding ortho intramolecular Hbond substituents is 1. The molecule has 204 valence electrons. The lowest BCUT2D eigenvalue weighted by atomic mass is 9.62. The number of carbonyl (C=O) groups excluding carboxylic acids is 1. The third-order valence-corrected chi connectivity index (χ3v) is 8.23. The lowest BCUT2D eigenvalue weighted by Gasteiger charge is -2.40. The minimum atomic E-state index is -0.396. The molecule has 0 bridgehead atoms. The van der Waals surface area contributed by atoms with Crippen molar-refractivity contribution in [2.45, 2.75) is 24.8 Å². The lowest BCUT2D eigenvalue weighted by molar-refractivity contribution is -0.141. The number of aromatic hydroxyl groups is 1. The Morgan fingerprint density at radius 2 is 1.67 bits per heavy atom. The highest BCUT2D eigenvalue weighted by atomic mass is 16.7. The number of aromatic nitrogens is 1. The van der Waals surface area contributed by atoms with Crippen molar-refractivity contribution < 1.29 is 33.6 Å². The number of carbonyl (C=O) groups is 1. The third kappa shape index (κ3) is 4.50. The summed E-state index contributed by atoms with van der Waals surface area (Å²) < 4.78 is 28.2. The molecule has 1 fully saturated rings. The van der Waals surface area contributed by atoms with Crippen molar-refractivity contribution in [2.75, 3.05) is 41.2 Å². The summed E-state index contributed by atoms with van der Waals surface area (Å²) in [6.07, 6.45) is 4.46. The number of phenols is 1. The number of esters is 1. The maximum atomic E-state index is 13.3. The van der Waals surface area contributed by atoms with E-state index in [0.29, 0.717) is 18.1 Å². The Kier molecular flexibility index (Phi) is 6.68. The van der Waals surface area contributed by atoms with Crippen LogP contribution < -0.4 is 18.9 Å². The van der Waals surface area contributed by atoms with Gasteiger partial charge in [0.1, 0.15) is 0 Å². The third-order valence-electron chi connectivity index (χ3n) is 8.23. The predicted molar refractivity (Wildman–Crippen MR) is 141 cm³/mol. The highest BCUT2D eigenvalue weighted by molar-refractivity contribution is 5.79. The van der Waals surface area contributed by atoms with E-state index in [1.54, 1.807) is 12.1 Å². The second-order valence-corrected chi connectivity index (χ2v) is 10.4. The fraction of sp³-hybridized carbons (Fsp3) is 0.400. The smallest absolute Gasteiger partial charge is 0.310 e. The second kappa shape index (κ2) is 10.3. The van der Waals surface area contributed by atoms with Gasteiger partial charge in [0.15, 0.2) is 23.0 Å². The van der Waals surface area contributed by atoms with Gasteiger partial charge in [0.05, 0.1) is 26.7 Å². The fourth-order valence-corrected chi connectivity index (χ4v) is 6.38. The Labute approximate surface area is 227 Å². The van der Waals surface area contributed by atoms with E-state index >= 15 is 0 Å². The van der Waals surface area contributed by atoms with Gasteiger partial charge in [-0.2, -0.15) is 0 Å². The van der Waals surface area contributed by atoms with Crippen LogP contribution in [0.5, 0.6) is 28.7 Å². The van der Waals surface area contributed by atoms with Crippen molar-refractivity contribution in [3.63, 3.8) is 0 Å². The number of pyridine rings is 1. The molecular formula is C30H32N2O7. The van der Waals surface area contributed by atoms with Gasteiger partial charge in [0.25, 0.3) is 0 Å². The van der Waals surface area contributed by atoms with Crippen LogP contribution in [0.25, 0.3) is 0 Å². The molecule has 2 aromatic carbocycles. The van der Waals surface area contributed by atoms with Crippen LogP contribution >= 0.6 is 0 Å². The number of ether oxygens (including phenoxy) is 5. The number of benzene rings is 2. The Hall–Kier alpha value is -3.98. The molecule has 1 saturated heterocycles. The first-order valence-electron chi connectivity index (χ1n) is 13.1. The molecule has 1 unspecified atom stereocenters. The molecule has 0 amide bonds. The van der Waals surface area contributed by atoms with Crippen LogP contribution in [-0.4, -0.2) is 62.2 Å². The van der Waals surface area contributed by atoms with E-state index in [1.165, 1.54) is 19.8 Å². The average molecular weight is 533 g/mol. The number of methoxy groups -OCH3 is 2. The molecule has 2 aliphatic heterocycles. The van der Waals surface area contributed by atoms with E-state index in [1.807, 2.05) is 30.6 Å². The monoisotopic (exact) mass is 532 g/mol. The zero-order valence-electron chi connectivity index (χ0n) is 22.3. The molecule has 0 saturated carbocycles. The van der Waals surface area contributed by atoms with E-state index in [-0.39, 0.29) is 47.8 Å². The van der Waals surface area contributed by atoms with E-state index in [0.717, 1.165) is 36.2 Å². The van der Waals surface area contributed by atoms with Crippen molar-refractivity contribution in [1.29, 1.82) is 0 Å². The van der Waals surface area contributed by atoms with Gasteiger partial charge in [-0.3, -0.25) is 9.78 Å². The molecule has 0 radical (unpaired) electrons. The van der Waals surface area contributed by atoms with E-state index in [4.69, 9.17) is 23.7 Å². The molecule has 6 rings (SSSR count). The van der Waals surface area contributed by atoms with Crippen LogP contribution in [0.3, 0.4) is 0 Å². The first kappa shape index (κ1) is 25.3. The molecule has 3 aromatic rings. The van der Waals surface area contributed by atoms with Gasteiger partial charge >= 0.3 is 5.97 Å². The summed E-state index contributed by atoms with van der Waals surface area (Å²) in [7, 11) is 5.10. The van der Waals surface area contributed by atoms with Gasteiger partial charge in [-0.25, -0.2) is 0 Å². The zero-order chi connectivity index (χ0) is 27.1. The summed E-state index contributed by atoms with van der Waals surface area (Å²) in [6.45, 7) is 2.17. The van der Waals surface area contributed by atoms with Gasteiger partial charge < -0.3 is 33.7 Å². The SMILES string of the molecule is COc1cc([C@@H]2c3cc4c(cc3[C@@H](CCN(C)Cc3ccncc3)C3COC(=O)[C@@H]32)OCO4)cc(OC)c1O. The Morgan fingerprint density at radius 3 is 2.33 bits per heavy atom. The van der Waals surface area contributed by atoms with Gasteiger partial charge in [-0.15, -0.1) is 0 Å². The molecule has 1 N–H and O–H groups in total. The van der Waals surface area contributed by atoms with E-state index < -0.39 is 5.92 Å². The van der Waals surface area contributed by atoms with Crippen LogP contribution in [0.15, 0.2) is 48.8 Å². The topological polar surface area (TPSA) is 99.6 Å². The molecule has 3 heterocycles. The van der Waals surface area contributed by atoms with Crippen LogP contribution in [0.1, 0.15) is 40.5 Å². The maximum absolute atomic E-state index is 13.3. The summed E-state index contributed by atoms with van der Waals surface area (Å²) in [5.41, 5.74) is 4.14. The van der Waals surface area contributed by atoms with Crippen molar-refractivity contribution in [3.05, 3.63) is 71.0 Å². The number of hydrogen-bond donors (Lipinski definition) is 1. The number of rotatable bonds is 8. The van der Waals surface area contributed by atoms with Gasteiger partial charge in [0, 0.05) is 30.8 Å². The molecule has 1 aliphatic carbocycles. The van der Waals surface area contributed by atoms with E-state index in [2.05, 4.69) is 23.0 Å². The number of fused-ring (bicyclic) bond motifs is 3. The van der Waals surface area contributed by atoms with Crippen molar-refractivity contribution in [3.8, 4) is 28.7 Å². The molecule has 0 spiro atoms. The number of cyclic esters (lactones) is 1. The highest BCUT2D eigenvalue weighted by Crippen LogP contribution is 2.57. The number of hydrogen-bond acceptors (Lipinski definition) is 9. The number of nitrogens with zero attached hydrogens (tertiary/aromatic N) is 2. The molecule has 1 aromatic heterocycles. The molecule has 9 nitrogen and oxygen atoms in total. The molecule has 4 atom stereocenters. The Bertz CT molecular complexity index is 1350. The van der Waals surface area contributed by atoms with E-state index in [9.17, 15) is 9.90 Å². The van der Waals surface area contributed by atoms with Crippen molar-refractivity contribution in [1.82, 2.24) is 9.88 Å². The summed E-state index contributed by atoms with van der Waals surface area (Å²) in [4.78, 5) is 19.7. The molecule has 39 heavy (non-hydrogen) atoms. The summed E-state index contributed by atoms with van der Waals surface area (Å²) in [5, 5.41) is 10.6. The Morgan fingerprint density at radius 1 is 1.00 bits per heavy atom. The predicted octanol–water partition coefficient (Wildman–Crippen LogP) is 4.07. The van der Waals surface area contributed by atoms with Crippen molar-refractivity contribution in [2.24, 2.45) is 11.8 Å². The minimum Gasteiger partial charge on any atom is -0.502 e. The summed E-state index contributed by atoms with van der Waals surface area (Å²) >= 11 is 0. The summed E-state index contributed by atoms with van der Waals surface area (Å²) in [6, 6.07) is 11.7. The largest absolute Gasteiger partial charge is 0.502 e. The summed E-state index contributed by atoms with van der Waals surface area (Å²) in [5.74, 6) is 1.00. The molecular weight excluding hydrogens is 500 g/mol. The normalized spacial score (nSPS) is 22.8. The fourth-order valence-electron chi connectivity index (χ4n) is 6.38. The van der Waals surface area contributed by atoms with Crippen LogP contribution in [0.2, 0.25) is 0 Å². The first-order valence-corrected chi connectivity index (χ1v) is 13.1. The Balaban J connectivity index is 1.41. The van der Waals surface area contributed by atoms with Crippen LogP contribution in [0.4, 0.5) is 0 Å². The van der Waals surface area contributed by atoms with Crippen LogP contribution in [-0.2, 0) is 16.1 Å². The standard InChI is InChI=1S/C30H32N2O7/c1-32(14-17-4-7-31-8-5-17)9-6-19-20-12-23-24(39-16-38-23)13-21(20)27(28-22(19)15-37-30(28)34)18-10-25(35-2)29(33)26(11-18)36-3/h4-5,7-8,10-13,19,22,27-28,33H,6,9,14-16H2,1-3H3/t19-,22?,27-,28+/m1/s1. The maximum Gasteiger partial charge on any atom is 0.310 e. The zero-order valence-corrected chi connectivity index (χ0v) is 22.3. The molecule has 9 heteroatoms. The second-order valence-electron chi connectivity index (χ2n) is 10.4. The lowest BCUT2D eigenvalue weighted by Crippen LogP contribution is -2.36. The minimum absolute atomic E-state index is 0.0181. The van der Waals surface area contributed by atoms with Crippen LogP contribution in [0, 0.1) is 11.8 Å². The van der Waals surface area contributed by atoms with Gasteiger partial charge in [0.2, 0.25) is 12.5 Å². The first-order chi connectivity index (χ1) is 19.0. The average Bonchev–Trinajstić information content (AvgIpc) is 3.57. The highest BCUT2D eigenvalue weighted by Gasteiger charge is 2.52.